The van der Waals surface area contributed by atoms with Crippen LogP contribution in [0.25, 0.3) is 0 Å². The van der Waals surface area contributed by atoms with E-state index in [1.54, 1.807) is 0 Å². The van der Waals surface area contributed by atoms with Crippen molar-refractivity contribution >= 4 is 0 Å². The lowest BCUT2D eigenvalue weighted by atomic mass is 9.93. The SMILES string of the molecule is CCn1c(C)nc2c1CN(C1CO[C@H](c3cc(F)ccc3F)[C@@H](N)C1)C2. The summed E-state index contributed by atoms with van der Waals surface area (Å²) in [6.45, 7) is 7.11. The van der Waals surface area contributed by atoms with Crippen LogP contribution in [-0.4, -0.2) is 33.1 Å². The van der Waals surface area contributed by atoms with Crippen molar-refractivity contribution in [3.63, 3.8) is 0 Å². The molecule has 2 aliphatic heterocycles. The predicted octanol–water partition coefficient (Wildman–Crippen LogP) is 2.66. The lowest BCUT2D eigenvalue weighted by Gasteiger charge is -2.38. The molecule has 0 radical (unpaired) electrons. The number of benzene rings is 1. The molecule has 3 heterocycles. The summed E-state index contributed by atoms with van der Waals surface area (Å²) >= 11 is 0. The molecule has 2 aromatic rings. The summed E-state index contributed by atoms with van der Waals surface area (Å²) in [5.41, 5.74) is 8.87. The van der Waals surface area contributed by atoms with Crippen molar-refractivity contribution in [2.75, 3.05) is 6.61 Å². The second kappa shape index (κ2) is 6.72. The van der Waals surface area contributed by atoms with Crippen LogP contribution in [0.1, 0.15) is 42.2 Å². The Morgan fingerprint density at radius 1 is 1.31 bits per heavy atom. The molecule has 2 aliphatic rings. The van der Waals surface area contributed by atoms with Gasteiger partial charge in [-0.05, 0) is 38.5 Å². The Bertz CT molecular complexity index is 822. The fourth-order valence-corrected chi connectivity index (χ4v) is 4.24. The van der Waals surface area contributed by atoms with Gasteiger partial charge in [-0.15, -0.1) is 0 Å². The quantitative estimate of drug-likeness (QED) is 0.912. The number of hydrogen-bond acceptors (Lipinski definition) is 4. The van der Waals surface area contributed by atoms with Crippen LogP contribution < -0.4 is 5.73 Å². The summed E-state index contributed by atoms with van der Waals surface area (Å²) < 4.78 is 35.7. The summed E-state index contributed by atoms with van der Waals surface area (Å²) in [7, 11) is 0. The molecule has 1 saturated heterocycles. The van der Waals surface area contributed by atoms with E-state index in [-0.39, 0.29) is 17.6 Å². The monoisotopic (exact) mass is 362 g/mol. The van der Waals surface area contributed by atoms with Gasteiger partial charge in [0.05, 0.1) is 18.0 Å². The van der Waals surface area contributed by atoms with E-state index >= 15 is 0 Å². The first kappa shape index (κ1) is 17.6. The van der Waals surface area contributed by atoms with Crippen LogP contribution in [0.5, 0.6) is 0 Å². The second-order valence-electron chi connectivity index (χ2n) is 7.17. The number of aryl methyl sites for hydroxylation is 1. The van der Waals surface area contributed by atoms with Gasteiger partial charge >= 0.3 is 0 Å². The molecule has 0 saturated carbocycles. The maximum absolute atomic E-state index is 14.1. The zero-order valence-corrected chi connectivity index (χ0v) is 15.1. The number of imidazole rings is 1. The number of halogens is 2. The molecule has 1 aromatic heterocycles. The Morgan fingerprint density at radius 2 is 2.12 bits per heavy atom. The van der Waals surface area contributed by atoms with E-state index in [1.807, 2.05) is 6.92 Å². The van der Waals surface area contributed by atoms with E-state index in [1.165, 1.54) is 11.8 Å². The van der Waals surface area contributed by atoms with Crippen LogP contribution in [0, 0.1) is 18.6 Å². The van der Waals surface area contributed by atoms with E-state index < -0.39 is 17.7 Å². The third kappa shape index (κ3) is 2.94. The predicted molar refractivity (Wildman–Crippen MR) is 93.3 cm³/mol. The molecule has 0 aliphatic carbocycles. The van der Waals surface area contributed by atoms with Crippen molar-refractivity contribution in [2.24, 2.45) is 5.73 Å². The number of rotatable bonds is 3. The minimum absolute atomic E-state index is 0.151. The Labute approximate surface area is 151 Å². The van der Waals surface area contributed by atoms with E-state index in [0.717, 1.165) is 43.3 Å². The van der Waals surface area contributed by atoms with E-state index in [2.05, 4.69) is 21.4 Å². The van der Waals surface area contributed by atoms with Crippen LogP contribution in [0.3, 0.4) is 0 Å². The number of nitrogens with zero attached hydrogens (tertiary/aromatic N) is 3. The molecule has 7 heteroatoms. The van der Waals surface area contributed by atoms with Crippen LogP contribution in [0.15, 0.2) is 18.2 Å². The normalized spacial score (nSPS) is 26.3. The van der Waals surface area contributed by atoms with Gasteiger partial charge in [-0.2, -0.15) is 0 Å². The summed E-state index contributed by atoms with van der Waals surface area (Å²) in [5, 5.41) is 0. The number of ether oxygens (including phenoxy) is 1. The van der Waals surface area contributed by atoms with Gasteiger partial charge in [0, 0.05) is 37.3 Å². The van der Waals surface area contributed by atoms with Gasteiger partial charge in [0.15, 0.2) is 0 Å². The Morgan fingerprint density at radius 3 is 2.85 bits per heavy atom. The fraction of sp³-hybridized carbons (Fsp3) is 0.526. The van der Waals surface area contributed by atoms with E-state index in [9.17, 15) is 8.78 Å². The van der Waals surface area contributed by atoms with Crippen molar-refractivity contribution in [3.05, 3.63) is 52.6 Å². The van der Waals surface area contributed by atoms with E-state index in [4.69, 9.17) is 10.5 Å². The zero-order valence-electron chi connectivity index (χ0n) is 15.1. The smallest absolute Gasteiger partial charge is 0.129 e. The summed E-state index contributed by atoms with van der Waals surface area (Å²) in [4.78, 5) is 6.99. The van der Waals surface area contributed by atoms with Crippen molar-refractivity contribution in [1.29, 1.82) is 0 Å². The van der Waals surface area contributed by atoms with Gasteiger partial charge in [0.25, 0.3) is 0 Å². The number of aromatic nitrogens is 2. The molecule has 26 heavy (non-hydrogen) atoms. The average Bonchev–Trinajstić information content (AvgIpc) is 3.13. The number of hydrogen-bond donors (Lipinski definition) is 1. The molecule has 140 valence electrons. The molecule has 0 bridgehead atoms. The maximum atomic E-state index is 14.1. The molecule has 2 N–H and O–H groups in total. The van der Waals surface area contributed by atoms with Gasteiger partial charge in [0.2, 0.25) is 0 Å². The van der Waals surface area contributed by atoms with E-state index in [0.29, 0.717) is 13.0 Å². The molecule has 0 spiro atoms. The minimum Gasteiger partial charge on any atom is -0.370 e. The molecule has 4 rings (SSSR count). The van der Waals surface area contributed by atoms with Gasteiger partial charge in [-0.3, -0.25) is 4.90 Å². The molecule has 1 aromatic carbocycles. The van der Waals surface area contributed by atoms with Gasteiger partial charge in [-0.25, -0.2) is 13.8 Å². The first-order chi connectivity index (χ1) is 12.5. The number of fused-ring (bicyclic) bond motifs is 1. The molecule has 5 nitrogen and oxygen atoms in total. The van der Waals surface area contributed by atoms with Crippen molar-refractivity contribution in [3.8, 4) is 0 Å². The lowest BCUT2D eigenvalue weighted by Crippen LogP contribution is -2.47. The van der Waals surface area contributed by atoms with Gasteiger partial charge in [0.1, 0.15) is 23.6 Å². The third-order valence-electron chi connectivity index (χ3n) is 5.55. The standard InChI is InChI=1S/C19H24F2N4O/c1-3-25-11(2)23-17-8-24(9-18(17)25)13-7-16(22)19(26-10-13)14-6-12(20)4-5-15(14)21/h4-6,13,16,19H,3,7-10,22H2,1-2H3/t13?,16-,19+/m0/s1. The number of nitrogens with two attached hydrogens (primary N) is 1. The molecular weight excluding hydrogens is 338 g/mol. The maximum Gasteiger partial charge on any atom is 0.129 e. The highest BCUT2D eigenvalue weighted by atomic mass is 19.1. The largest absolute Gasteiger partial charge is 0.370 e. The van der Waals surface area contributed by atoms with Gasteiger partial charge < -0.3 is 15.0 Å². The van der Waals surface area contributed by atoms with Crippen molar-refractivity contribution < 1.29 is 13.5 Å². The Balaban J connectivity index is 1.46. The summed E-state index contributed by atoms with van der Waals surface area (Å²) in [6, 6.07) is 3.19. The second-order valence-corrected chi connectivity index (χ2v) is 7.17. The Hall–Kier alpha value is -1.83. The highest BCUT2D eigenvalue weighted by molar-refractivity contribution is 5.24. The van der Waals surface area contributed by atoms with Gasteiger partial charge in [-0.1, -0.05) is 0 Å². The fourth-order valence-electron chi connectivity index (χ4n) is 4.24. The zero-order chi connectivity index (χ0) is 18.4. The van der Waals surface area contributed by atoms with Crippen LogP contribution in [-0.2, 0) is 24.4 Å². The van der Waals surface area contributed by atoms with Crippen molar-refractivity contribution in [2.45, 2.75) is 58.1 Å². The minimum atomic E-state index is -0.614. The summed E-state index contributed by atoms with van der Waals surface area (Å²) in [6.07, 6.45) is 0.0625. The highest BCUT2D eigenvalue weighted by Crippen LogP contribution is 2.34. The summed E-state index contributed by atoms with van der Waals surface area (Å²) in [5.74, 6) is 0.0956. The first-order valence-electron chi connectivity index (χ1n) is 9.09. The molecule has 1 fully saturated rings. The Kier molecular flexibility index (Phi) is 4.54. The third-order valence-corrected chi connectivity index (χ3v) is 5.55. The highest BCUT2D eigenvalue weighted by Gasteiger charge is 2.37. The van der Waals surface area contributed by atoms with Crippen LogP contribution in [0.2, 0.25) is 0 Å². The first-order valence-corrected chi connectivity index (χ1v) is 9.09. The van der Waals surface area contributed by atoms with Crippen molar-refractivity contribution in [1.82, 2.24) is 14.5 Å². The van der Waals surface area contributed by atoms with Crippen LogP contribution in [0.4, 0.5) is 8.78 Å². The lowest BCUT2D eigenvalue weighted by molar-refractivity contribution is -0.0535. The molecule has 3 atom stereocenters. The molecule has 0 amide bonds. The van der Waals surface area contributed by atoms with Crippen LogP contribution >= 0.6 is 0 Å². The average molecular weight is 362 g/mol. The molecule has 1 unspecified atom stereocenters. The topological polar surface area (TPSA) is 56.3 Å². The molecular formula is C19H24F2N4O.